The quantitative estimate of drug-likeness (QED) is 0.834. The molecule has 2 rings (SSSR count). The SMILES string of the molecule is COc1cc(NC(=O)CC[NH+]2CCC[C@H](C)C2)cc(OC)c1. The number of quaternary nitrogens is 1. The van der Waals surface area contributed by atoms with Crippen LogP contribution in [0.1, 0.15) is 26.2 Å². The molecule has 5 nitrogen and oxygen atoms in total. The Kier molecular flexibility index (Phi) is 6.07. The van der Waals surface area contributed by atoms with Crippen molar-refractivity contribution in [2.24, 2.45) is 5.92 Å². The third-order valence-corrected chi connectivity index (χ3v) is 4.21. The van der Waals surface area contributed by atoms with Gasteiger partial charge in [0.1, 0.15) is 11.5 Å². The van der Waals surface area contributed by atoms with E-state index in [1.165, 1.54) is 30.8 Å². The Morgan fingerprint density at radius 2 is 1.95 bits per heavy atom. The first-order valence-electron chi connectivity index (χ1n) is 7.97. The van der Waals surface area contributed by atoms with Crippen molar-refractivity contribution in [1.82, 2.24) is 0 Å². The zero-order valence-electron chi connectivity index (χ0n) is 13.8. The number of piperidine rings is 1. The van der Waals surface area contributed by atoms with Gasteiger partial charge in [-0.2, -0.15) is 0 Å². The van der Waals surface area contributed by atoms with Crippen molar-refractivity contribution in [3.8, 4) is 11.5 Å². The molecule has 0 aromatic heterocycles. The van der Waals surface area contributed by atoms with Gasteiger partial charge in [-0.3, -0.25) is 4.79 Å². The zero-order valence-corrected chi connectivity index (χ0v) is 13.8. The molecule has 122 valence electrons. The lowest BCUT2D eigenvalue weighted by molar-refractivity contribution is -0.907. The fourth-order valence-electron chi connectivity index (χ4n) is 3.02. The lowest BCUT2D eigenvalue weighted by atomic mass is 10.0. The molecule has 1 saturated heterocycles. The van der Waals surface area contributed by atoms with E-state index >= 15 is 0 Å². The van der Waals surface area contributed by atoms with Crippen molar-refractivity contribution in [1.29, 1.82) is 0 Å². The highest BCUT2D eigenvalue weighted by molar-refractivity contribution is 5.91. The van der Waals surface area contributed by atoms with Gasteiger partial charge in [0, 0.05) is 29.8 Å². The summed E-state index contributed by atoms with van der Waals surface area (Å²) >= 11 is 0. The Bertz CT molecular complexity index is 482. The first-order valence-corrected chi connectivity index (χ1v) is 7.97. The summed E-state index contributed by atoms with van der Waals surface area (Å²) < 4.78 is 10.4. The summed E-state index contributed by atoms with van der Waals surface area (Å²) in [7, 11) is 3.20. The summed E-state index contributed by atoms with van der Waals surface area (Å²) in [6.45, 7) is 5.56. The van der Waals surface area contributed by atoms with Gasteiger partial charge < -0.3 is 19.7 Å². The summed E-state index contributed by atoms with van der Waals surface area (Å²) in [5, 5.41) is 2.93. The van der Waals surface area contributed by atoms with E-state index in [2.05, 4.69) is 12.2 Å². The minimum absolute atomic E-state index is 0.0426. The van der Waals surface area contributed by atoms with Crippen LogP contribution in [0.3, 0.4) is 0 Å². The molecule has 0 radical (unpaired) electrons. The molecule has 1 aromatic rings. The second-order valence-electron chi connectivity index (χ2n) is 6.10. The number of nitrogens with one attached hydrogen (secondary N) is 2. The maximum atomic E-state index is 12.1. The Morgan fingerprint density at radius 1 is 1.27 bits per heavy atom. The van der Waals surface area contributed by atoms with Gasteiger partial charge >= 0.3 is 0 Å². The van der Waals surface area contributed by atoms with E-state index in [0.717, 1.165) is 12.5 Å². The molecule has 1 amide bonds. The van der Waals surface area contributed by atoms with Crippen LogP contribution in [-0.2, 0) is 4.79 Å². The number of rotatable bonds is 6. The topological polar surface area (TPSA) is 52.0 Å². The van der Waals surface area contributed by atoms with Crippen LogP contribution in [0.5, 0.6) is 11.5 Å². The van der Waals surface area contributed by atoms with Gasteiger partial charge in [-0.25, -0.2) is 0 Å². The molecule has 1 heterocycles. The largest absolute Gasteiger partial charge is 0.497 e. The molecule has 0 spiro atoms. The average Bonchev–Trinajstić information content (AvgIpc) is 2.52. The van der Waals surface area contributed by atoms with Crippen molar-refractivity contribution in [3.05, 3.63) is 18.2 Å². The van der Waals surface area contributed by atoms with E-state index in [1.54, 1.807) is 32.4 Å². The van der Waals surface area contributed by atoms with Crippen molar-refractivity contribution < 1.29 is 19.2 Å². The summed E-state index contributed by atoms with van der Waals surface area (Å²) in [5.74, 6) is 2.16. The number of carbonyl (C=O) groups excluding carboxylic acids is 1. The standard InChI is InChI=1S/C17H26N2O3/c1-13-5-4-7-19(12-13)8-6-17(20)18-14-9-15(21-2)11-16(10-14)22-3/h9-11,13H,4-8,12H2,1-3H3,(H,18,20)/p+1/t13-/m0/s1. The Hall–Kier alpha value is -1.75. The third kappa shape index (κ3) is 4.91. The Balaban J connectivity index is 1.86. The summed E-state index contributed by atoms with van der Waals surface area (Å²) in [6.07, 6.45) is 3.13. The third-order valence-electron chi connectivity index (χ3n) is 4.21. The van der Waals surface area contributed by atoms with Gasteiger partial charge in [-0.15, -0.1) is 0 Å². The number of amides is 1. The van der Waals surface area contributed by atoms with Crippen LogP contribution in [0.25, 0.3) is 0 Å². The number of anilines is 1. The predicted molar refractivity (Wildman–Crippen MR) is 86.8 cm³/mol. The fourth-order valence-corrected chi connectivity index (χ4v) is 3.02. The van der Waals surface area contributed by atoms with E-state index < -0.39 is 0 Å². The van der Waals surface area contributed by atoms with Crippen LogP contribution in [-0.4, -0.2) is 39.8 Å². The number of likely N-dealkylation sites (tertiary alicyclic amines) is 1. The number of methoxy groups -OCH3 is 2. The molecule has 1 fully saturated rings. The van der Waals surface area contributed by atoms with E-state index in [-0.39, 0.29) is 5.91 Å². The molecule has 0 bridgehead atoms. The molecule has 5 heteroatoms. The van der Waals surface area contributed by atoms with E-state index in [1.807, 2.05) is 0 Å². The fraction of sp³-hybridized carbons (Fsp3) is 0.588. The van der Waals surface area contributed by atoms with Crippen LogP contribution in [0, 0.1) is 5.92 Å². The molecule has 0 saturated carbocycles. The number of hydrogen-bond donors (Lipinski definition) is 2. The zero-order chi connectivity index (χ0) is 15.9. The lowest BCUT2D eigenvalue weighted by Crippen LogP contribution is -3.13. The number of benzene rings is 1. The highest BCUT2D eigenvalue weighted by Gasteiger charge is 2.20. The van der Waals surface area contributed by atoms with Crippen LogP contribution >= 0.6 is 0 Å². The maximum absolute atomic E-state index is 12.1. The van der Waals surface area contributed by atoms with E-state index in [0.29, 0.717) is 23.6 Å². The van der Waals surface area contributed by atoms with Crippen molar-refractivity contribution in [2.45, 2.75) is 26.2 Å². The van der Waals surface area contributed by atoms with Gasteiger partial charge in [-0.1, -0.05) is 6.92 Å². The number of ether oxygens (including phenoxy) is 2. The minimum Gasteiger partial charge on any atom is -0.497 e. The van der Waals surface area contributed by atoms with Crippen molar-refractivity contribution in [3.63, 3.8) is 0 Å². The summed E-state index contributed by atoms with van der Waals surface area (Å²) in [5.41, 5.74) is 0.711. The van der Waals surface area contributed by atoms with Crippen LogP contribution < -0.4 is 19.7 Å². The van der Waals surface area contributed by atoms with Gasteiger partial charge in [0.15, 0.2) is 0 Å². The van der Waals surface area contributed by atoms with Crippen molar-refractivity contribution >= 4 is 11.6 Å². The average molecular weight is 307 g/mol. The molecule has 1 aliphatic heterocycles. The predicted octanol–water partition coefficient (Wildman–Crippen LogP) is 1.35. The first kappa shape index (κ1) is 16.6. The molecule has 1 aromatic carbocycles. The minimum atomic E-state index is 0.0426. The first-order chi connectivity index (χ1) is 10.6. The van der Waals surface area contributed by atoms with Gasteiger partial charge in [0.25, 0.3) is 0 Å². The second-order valence-corrected chi connectivity index (χ2v) is 6.10. The molecule has 1 aliphatic rings. The molecule has 22 heavy (non-hydrogen) atoms. The number of hydrogen-bond acceptors (Lipinski definition) is 3. The Morgan fingerprint density at radius 3 is 2.55 bits per heavy atom. The van der Waals surface area contributed by atoms with E-state index in [9.17, 15) is 4.79 Å². The van der Waals surface area contributed by atoms with Gasteiger partial charge in [-0.05, 0) is 12.8 Å². The maximum Gasteiger partial charge on any atom is 0.230 e. The monoisotopic (exact) mass is 307 g/mol. The molecule has 0 aliphatic carbocycles. The summed E-state index contributed by atoms with van der Waals surface area (Å²) in [4.78, 5) is 13.7. The van der Waals surface area contributed by atoms with Crippen LogP contribution in [0.4, 0.5) is 5.69 Å². The molecule has 2 N–H and O–H groups in total. The Labute approximate surface area is 132 Å². The summed E-state index contributed by atoms with van der Waals surface area (Å²) in [6, 6.07) is 5.39. The number of carbonyl (C=O) groups is 1. The second kappa shape index (κ2) is 8.03. The molecule has 2 atom stereocenters. The van der Waals surface area contributed by atoms with Gasteiger partial charge in [0.2, 0.25) is 5.91 Å². The molecular weight excluding hydrogens is 280 g/mol. The van der Waals surface area contributed by atoms with Crippen LogP contribution in [0.15, 0.2) is 18.2 Å². The van der Waals surface area contributed by atoms with Crippen molar-refractivity contribution in [2.75, 3.05) is 39.2 Å². The van der Waals surface area contributed by atoms with Gasteiger partial charge in [0.05, 0.1) is 40.3 Å². The molecular formula is C17H27N2O3+. The molecule has 1 unspecified atom stereocenters. The highest BCUT2D eigenvalue weighted by atomic mass is 16.5. The normalized spacial score (nSPS) is 21.2. The smallest absolute Gasteiger partial charge is 0.230 e. The lowest BCUT2D eigenvalue weighted by Gasteiger charge is -2.27. The van der Waals surface area contributed by atoms with E-state index in [4.69, 9.17) is 9.47 Å². The highest BCUT2D eigenvalue weighted by Crippen LogP contribution is 2.25. The van der Waals surface area contributed by atoms with Crippen LogP contribution in [0.2, 0.25) is 0 Å².